The number of hydrogen-bond acceptors (Lipinski definition) is 8. The molecule has 2 heterocycles. The first-order valence-corrected chi connectivity index (χ1v) is 11.9. The van der Waals surface area contributed by atoms with Crippen molar-refractivity contribution in [2.45, 2.75) is 44.8 Å². The van der Waals surface area contributed by atoms with E-state index in [2.05, 4.69) is 38.3 Å². The Morgan fingerprint density at radius 2 is 2.06 bits per heavy atom. The van der Waals surface area contributed by atoms with Gasteiger partial charge in [-0.2, -0.15) is 4.98 Å². The van der Waals surface area contributed by atoms with Crippen LogP contribution in [-0.2, 0) is 9.53 Å². The standard InChI is InChI=1S/C21H27BrN4O4S/c1-6-8-9-30-19(27)16-12(3)23-20-24-21(31-7-2)25-26(20)17(16)13-10-14(22)18(29-5)15(11-13)28-4/h10-11,17H,6-9H2,1-5H3,(H,23,24,25). The SMILES string of the molecule is CCCCOC(=O)C1=C(C)Nc2nc(SCC)nn2C1c1cc(Br)c(OC)c(OC)c1. The Bertz CT molecular complexity index is 992. The van der Waals surface area contributed by atoms with E-state index < -0.39 is 6.04 Å². The third kappa shape index (κ3) is 4.85. The predicted octanol–water partition coefficient (Wildman–Crippen LogP) is 4.80. The van der Waals surface area contributed by atoms with Gasteiger partial charge in [-0.1, -0.05) is 32.0 Å². The number of ether oxygens (including phenoxy) is 3. The summed E-state index contributed by atoms with van der Waals surface area (Å²) in [5.74, 6) is 2.17. The number of methoxy groups -OCH3 is 2. The number of aromatic nitrogens is 3. The van der Waals surface area contributed by atoms with Crippen molar-refractivity contribution in [3.63, 3.8) is 0 Å². The van der Waals surface area contributed by atoms with Gasteiger partial charge in [-0.3, -0.25) is 0 Å². The first kappa shape index (κ1) is 23.5. The van der Waals surface area contributed by atoms with E-state index >= 15 is 0 Å². The molecule has 10 heteroatoms. The lowest BCUT2D eigenvalue weighted by atomic mass is 9.95. The second-order valence-electron chi connectivity index (χ2n) is 6.89. The number of allylic oxidation sites excluding steroid dienone is 1. The molecule has 1 aromatic heterocycles. The Hall–Kier alpha value is -2.20. The van der Waals surface area contributed by atoms with Crippen molar-refractivity contribution in [3.05, 3.63) is 33.4 Å². The maximum Gasteiger partial charge on any atom is 0.338 e. The van der Waals surface area contributed by atoms with Gasteiger partial charge in [0.15, 0.2) is 11.5 Å². The van der Waals surface area contributed by atoms with Crippen LogP contribution in [0, 0.1) is 0 Å². The molecule has 1 aliphatic heterocycles. The number of benzene rings is 1. The zero-order valence-electron chi connectivity index (χ0n) is 18.3. The summed E-state index contributed by atoms with van der Waals surface area (Å²) in [4.78, 5) is 17.7. The van der Waals surface area contributed by atoms with Crippen molar-refractivity contribution < 1.29 is 19.0 Å². The van der Waals surface area contributed by atoms with Gasteiger partial charge in [0.2, 0.25) is 11.1 Å². The van der Waals surface area contributed by atoms with E-state index in [1.165, 1.54) is 11.8 Å². The summed E-state index contributed by atoms with van der Waals surface area (Å²) >= 11 is 5.10. The van der Waals surface area contributed by atoms with Crippen LogP contribution < -0.4 is 14.8 Å². The van der Waals surface area contributed by atoms with Crippen LogP contribution in [0.3, 0.4) is 0 Å². The molecule has 0 aliphatic carbocycles. The highest BCUT2D eigenvalue weighted by molar-refractivity contribution is 9.10. The zero-order chi connectivity index (χ0) is 22.5. The van der Waals surface area contributed by atoms with E-state index in [0.29, 0.717) is 45.0 Å². The molecule has 168 valence electrons. The van der Waals surface area contributed by atoms with Gasteiger partial charge in [-0.25, -0.2) is 9.48 Å². The second kappa shape index (κ2) is 10.4. The van der Waals surface area contributed by atoms with Gasteiger partial charge in [0.25, 0.3) is 0 Å². The van der Waals surface area contributed by atoms with Gasteiger partial charge in [0.1, 0.15) is 6.04 Å². The maximum atomic E-state index is 13.1. The Morgan fingerprint density at radius 3 is 2.71 bits per heavy atom. The highest BCUT2D eigenvalue weighted by atomic mass is 79.9. The molecule has 0 fully saturated rings. The van der Waals surface area contributed by atoms with Gasteiger partial charge in [0, 0.05) is 5.70 Å². The minimum absolute atomic E-state index is 0.371. The van der Waals surface area contributed by atoms with Crippen molar-refractivity contribution in [1.82, 2.24) is 14.8 Å². The number of hydrogen-bond donors (Lipinski definition) is 1. The van der Waals surface area contributed by atoms with Gasteiger partial charge >= 0.3 is 5.97 Å². The quantitative estimate of drug-likeness (QED) is 0.292. The predicted molar refractivity (Wildman–Crippen MR) is 124 cm³/mol. The lowest BCUT2D eigenvalue weighted by molar-refractivity contribution is -0.139. The Labute approximate surface area is 194 Å². The first-order valence-electron chi connectivity index (χ1n) is 10.1. The average Bonchev–Trinajstić information content (AvgIpc) is 3.14. The molecule has 1 N–H and O–H groups in total. The molecule has 0 bridgehead atoms. The summed E-state index contributed by atoms with van der Waals surface area (Å²) in [6.45, 7) is 6.32. The highest BCUT2D eigenvalue weighted by Gasteiger charge is 2.36. The Kier molecular flexibility index (Phi) is 7.88. The van der Waals surface area contributed by atoms with Gasteiger partial charge in [0.05, 0.1) is 30.9 Å². The van der Waals surface area contributed by atoms with Crippen molar-refractivity contribution in [1.29, 1.82) is 0 Å². The van der Waals surface area contributed by atoms with Crippen molar-refractivity contribution in [3.8, 4) is 11.5 Å². The molecule has 0 saturated heterocycles. The van der Waals surface area contributed by atoms with Crippen LogP contribution in [0.1, 0.15) is 45.2 Å². The molecule has 31 heavy (non-hydrogen) atoms. The number of thioether (sulfide) groups is 1. The first-order chi connectivity index (χ1) is 14.9. The molecule has 0 spiro atoms. The van der Waals surface area contributed by atoms with Crippen molar-refractivity contribution in [2.24, 2.45) is 0 Å². The molecule has 1 atom stereocenters. The molecule has 8 nitrogen and oxygen atoms in total. The minimum Gasteiger partial charge on any atom is -0.493 e. The van der Waals surface area contributed by atoms with Gasteiger partial charge in [-0.15, -0.1) is 5.10 Å². The molecule has 1 aromatic carbocycles. The number of unbranched alkanes of at least 4 members (excludes halogenated alkanes) is 1. The lowest BCUT2D eigenvalue weighted by Crippen LogP contribution is -2.30. The van der Waals surface area contributed by atoms with Crippen LogP contribution in [0.25, 0.3) is 0 Å². The number of carbonyl (C=O) groups excluding carboxylic acids is 1. The Balaban J connectivity index is 2.14. The number of halogens is 1. The van der Waals surface area contributed by atoms with Crippen molar-refractivity contribution in [2.75, 3.05) is 31.9 Å². The number of esters is 1. The minimum atomic E-state index is -0.528. The van der Waals surface area contributed by atoms with Crippen LogP contribution in [-0.4, -0.2) is 47.3 Å². The smallest absolute Gasteiger partial charge is 0.338 e. The van der Waals surface area contributed by atoms with E-state index in [4.69, 9.17) is 14.2 Å². The molecule has 1 unspecified atom stereocenters. The maximum absolute atomic E-state index is 13.1. The van der Waals surface area contributed by atoms with Gasteiger partial charge in [-0.05, 0) is 52.7 Å². The zero-order valence-corrected chi connectivity index (χ0v) is 20.7. The summed E-state index contributed by atoms with van der Waals surface area (Å²) in [6, 6.07) is 3.23. The van der Waals surface area contributed by atoms with Gasteiger partial charge < -0.3 is 19.5 Å². The third-order valence-corrected chi connectivity index (χ3v) is 6.14. The summed E-state index contributed by atoms with van der Waals surface area (Å²) in [5.41, 5.74) is 1.97. The summed E-state index contributed by atoms with van der Waals surface area (Å²) in [6.07, 6.45) is 1.75. The normalized spacial score (nSPS) is 15.4. The topological polar surface area (TPSA) is 87.5 Å². The van der Waals surface area contributed by atoms with Crippen molar-refractivity contribution >= 4 is 39.6 Å². The number of anilines is 1. The summed E-state index contributed by atoms with van der Waals surface area (Å²) < 4.78 is 19.0. The largest absolute Gasteiger partial charge is 0.493 e. The molecular formula is C21H27BrN4O4S. The molecule has 2 aromatic rings. The average molecular weight is 511 g/mol. The molecule has 1 aliphatic rings. The fraction of sp³-hybridized carbons (Fsp3) is 0.476. The number of nitrogens with one attached hydrogen (secondary N) is 1. The summed E-state index contributed by atoms with van der Waals surface area (Å²) in [7, 11) is 3.16. The van der Waals surface area contributed by atoms with Crippen LogP contribution in [0.4, 0.5) is 5.95 Å². The van der Waals surface area contributed by atoms with E-state index in [1.807, 2.05) is 26.0 Å². The third-order valence-electron chi connectivity index (χ3n) is 4.83. The molecule has 0 amide bonds. The van der Waals surface area contributed by atoms with E-state index in [9.17, 15) is 4.79 Å². The van der Waals surface area contributed by atoms with E-state index in [-0.39, 0.29) is 5.97 Å². The fourth-order valence-corrected chi connectivity index (χ4v) is 4.55. The molecular weight excluding hydrogens is 484 g/mol. The fourth-order valence-electron chi connectivity index (χ4n) is 3.38. The number of fused-ring (bicyclic) bond motifs is 1. The van der Waals surface area contributed by atoms with Crippen LogP contribution in [0.15, 0.2) is 33.0 Å². The highest BCUT2D eigenvalue weighted by Crippen LogP contribution is 2.43. The number of rotatable bonds is 9. The number of nitrogens with zero attached hydrogens (tertiary/aromatic N) is 3. The van der Waals surface area contributed by atoms with Crippen LogP contribution >= 0.6 is 27.7 Å². The molecule has 0 saturated carbocycles. The second-order valence-corrected chi connectivity index (χ2v) is 8.97. The van der Waals surface area contributed by atoms with E-state index in [0.717, 1.165) is 24.2 Å². The van der Waals surface area contributed by atoms with E-state index in [1.54, 1.807) is 18.9 Å². The van der Waals surface area contributed by atoms with Crippen LogP contribution in [0.2, 0.25) is 0 Å². The molecule has 0 radical (unpaired) electrons. The number of carbonyl (C=O) groups is 1. The summed E-state index contributed by atoms with van der Waals surface area (Å²) in [5, 5.41) is 8.52. The monoisotopic (exact) mass is 510 g/mol. The Morgan fingerprint density at radius 1 is 1.29 bits per heavy atom. The lowest BCUT2D eigenvalue weighted by Gasteiger charge is -2.28. The molecule has 3 rings (SSSR count). The van der Waals surface area contributed by atoms with Crippen LogP contribution in [0.5, 0.6) is 11.5 Å².